The highest BCUT2D eigenvalue weighted by atomic mass is 16.5. The number of rotatable bonds is 6. The highest BCUT2D eigenvalue weighted by molar-refractivity contribution is 5.33. The number of methoxy groups -OCH3 is 1. The summed E-state index contributed by atoms with van der Waals surface area (Å²) in [5, 5.41) is 11.6. The molecule has 2 aromatic carbocycles. The van der Waals surface area contributed by atoms with Crippen LogP contribution in [0.3, 0.4) is 0 Å². The molecule has 25 heavy (non-hydrogen) atoms. The lowest BCUT2D eigenvalue weighted by Gasteiger charge is -2.42. The number of aliphatic hydroxyl groups is 1. The van der Waals surface area contributed by atoms with Crippen LogP contribution in [-0.4, -0.2) is 30.7 Å². The Hall–Kier alpha value is -1.84. The van der Waals surface area contributed by atoms with Crippen LogP contribution < -0.4 is 4.74 Å². The summed E-state index contributed by atoms with van der Waals surface area (Å²) in [5.41, 5.74) is 1.54. The summed E-state index contributed by atoms with van der Waals surface area (Å²) >= 11 is 0. The molecule has 0 spiro atoms. The van der Waals surface area contributed by atoms with Gasteiger partial charge < -0.3 is 14.7 Å². The summed E-state index contributed by atoms with van der Waals surface area (Å²) < 4.78 is 5.36. The second-order valence-electron chi connectivity index (χ2n) is 7.28. The van der Waals surface area contributed by atoms with Gasteiger partial charge in [-0.25, -0.2) is 0 Å². The summed E-state index contributed by atoms with van der Waals surface area (Å²) in [4.78, 5) is 2.33. The third-order valence-corrected chi connectivity index (χ3v) is 5.43. The van der Waals surface area contributed by atoms with E-state index in [9.17, 15) is 5.11 Å². The maximum Gasteiger partial charge on any atom is 0.119 e. The van der Waals surface area contributed by atoms with E-state index in [2.05, 4.69) is 36.2 Å². The number of ether oxygens (including phenoxy) is 1. The van der Waals surface area contributed by atoms with Gasteiger partial charge in [0.25, 0.3) is 0 Å². The minimum atomic E-state index is -0.766. The molecule has 3 nitrogen and oxygen atoms in total. The molecule has 0 heterocycles. The first-order valence-electron chi connectivity index (χ1n) is 9.21. The first-order chi connectivity index (χ1) is 12.1. The van der Waals surface area contributed by atoms with E-state index in [0.717, 1.165) is 43.7 Å². The number of nitrogens with zero attached hydrogens (tertiary/aromatic N) is 1. The third kappa shape index (κ3) is 4.23. The summed E-state index contributed by atoms with van der Waals surface area (Å²) in [7, 11) is 3.82. The maximum absolute atomic E-state index is 11.6. The van der Waals surface area contributed by atoms with E-state index in [0.29, 0.717) is 0 Å². The third-order valence-electron chi connectivity index (χ3n) is 5.43. The predicted molar refractivity (Wildman–Crippen MR) is 102 cm³/mol. The maximum atomic E-state index is 11.6. The molecule has 1 aliphatic rings. The Morgan fingerprint density at radius 1 is 1.12 bits per heavy atom. The van der Waals surface area contributed by atoms with Crippen molar-refractivity contribution in [2.75, 3.05) is 20.7 Å². The molecule has 3 rings (SSSR count). The van der Waals surface area contributed by atoms with Gasteiger partial charge in [-0.2, -0.15) is 0 Å². The van der Waals surface area contributed by atoms with Gasteiger partial charge in [0.1, 0.15) is 5.75 Å². The highest BCUT2D eigenvalue weighted by Gasteiger charge is 2.40. The van der Waals surface area contributed by atoms with Gasteiger partial charge in [0, 0.05) is 19.0 Å². The van der Waals surface area contributed by atoms with Crippen molar-refractivity contribution in [1.29, 1.82) is 0 Å². The Labute approximate surface area is 151 Å². The first kappa shape index (κ1) is 18.0. The lowest BCUT2D eigenvalue weighted by atomic mass is 9.71. The van der Waals surface area contributed by atoms with Gasteiger partial charge in [0.2, 0.25) is 0 Å². The second kappa shape index (κ2) is 8.03. The molecule has 0 radical (unpaired) electrons. The van der Waals surface area contributed by atoms with Gasteiger partial charge >= 0.3 is 0 Å². The molecule has 0 amide bonds. The monoisotopic (exact) mass is 339 g/mol. The van der Waals surface area contributed by atoms with Crippen molar-refractivity contribution in [2.24, 2.45) is 5.92 Å². The van der Waals surface area contributed by atoms with Crippen LogP contribution in [0.5, 0.6) is 5.75 Å². The van der Waals surface area contributed by atoms with Crippen molar-refractivity contribution in [1.82, 2.24) is 4.90 Å². The lowest BCUT2D eigenvalue weighted by Crippen LogP contribution is -2.43. The van der Waals surface area contributed by atoms with Crippen LogP contribution in [0.15, 0.2) is 54.6 Å². The minimum Gasteiger partial charge on any atom is -0.497 e. The van der Waals surface area contributed by atoms with E-state index in [1.165, 1.54) is 12.0 Å². The molecule has 3 heteroatoms. The quantitative estimate of drug-likeness (QED) is 0.856. The van der Waals surface area contributed by atoms with Gasteiger partial charge in [0.05, 0.1) is 12.7 Å². The fourth-order valence-electron chi connectivity index (χ4n) is 4.08. The normalized spacial score (nSPS) is 23.6. The number of hydrogen-bond donors (Lipinski definition) is 1. The van der Waals surface area contributed by atoms with E-state index >= 15 is 0 Å². The van der Waals surface area contributed by atoms with E-state index in [4.69, 9.17) is 4.74 Å². The molecular weight excluding hydrogens is 310 g/mol. The van der Waals surface area contributed by atoms with Crippen LogP contribution >= 0.6 is 0 Å². The molecule has 0 unspecified atom stereocenters. The molecule has 0 aliphatic heterocycles. The summed E-state index contributed by atoms with van der Waals surface area (Å²) in [5.74, 6) is 1.05. The lowest BCUT2D eigenvalue weighted by molar-refractivity contribution is -0.0643. The fraction of sp³-hybridized carbons (Fsp3) is 0.455. The van der Waals surface area contributed by atoms with E-state index in [-0.39, 0.29) is 5.92 Å². The van der Waals surface area contributed by atoms with Gasteiger partial charge in [-0.3, -0.25) is 0 Å². The van der Waals surface area contributed by atoms with Crippen molar-refractivity contribution in [3.63, 3.8) is 0 Å². The Morgan fingerprint density at radius 2 is 1.92 bits per heavy atom. The topological polar surface area (TPSA) is 32.7 Å². The predicted octanol–water partition coefficient (Wildman–Crippen LogP) is 4.21. The van der Waals surface area contributed by atoms with Gasteiger partial charge in [-0.05, 0) is 43.1 Å². The van der Waals surface area contributed by atoms with Crippen LogP contribution in [-0.2, 0) is 12.1 Å². The largest absolute Gasteiger partial charge is 0.497 e. The molecule has 1 N–H and O–H groups in total. The van der Waals surface area contributed by atoms with Crippen LogP contribution in [0.25, 0.3) is 0 Å². The zero-order valence-corrected chi connectivity index (χ0v) is 15.3. The molecule has 1 saturated carbocycles. The van der Waals surface area contributed by atoms with Crippen LogP contribution in [0.4, 0.5) is 0 Å². The van der Waals surface area contributed by atoms with E-state index in [1.54, 1.807) is 7.11 Å². The number of hydrogen-bond acceptors (Lipinski definition) is 3. The average molecular weight is 339 g/mol. The van der Waals surface area contributed by atoms with E-state index < -0.39 is 5.60 Å². The minimum absolute atomic E-state index is 0.238. The molecule has 0 bridgehead atoms. The van der Waals surface area contributed by atoms with Crippen molar-refractivity contribution < 1.29 is 9.84 Å². The molecule has 0 aromatic heterocycles. The Morgan fingerprint density at radius 3 is 2.68 bits per heavy atom. The van der Waals surface area contributed by atoms with Crippen LogP contribution in [0.1, 0.15) is 36.8 Å². The molecule has 0 saturated heterocycles. The van der Waals surface area contributed by atoms with Gasteiger partial charge in [-0.15, -0.1) is 0 Å². The molecule has 1 fully saturated rings. The Bertz CT molecular complexity index is 673. The average Bonchev–Trinajstić information content (AvgIpc) is 2.64. The zero-order valence-electron chi connectivity index (χ0n) is 15.3. The van der Waals surface area contributed by atoms with Crippen molar-refractivity contribution >= 4 is 0 Å². The molecule has 2 aromatic rings. The molecular formula is C22H29NO2. The zero-order chi connectivity index (χ0) is 17.7. The molecule has 2 atom stereocenters. The Balaban J connectivity index is 1.75. The van der Waals surface area contributed by atoms with Gasteiger partial charge in [-0.1, -0.05) is 55.3 Å². The smallest absolute Gasteiger partial charge is 0.119 e. The summed E-state index contributed by atoms with van der Waals surface area (Å²) in [6, 6.07) is 18.5. The fourth-order valence-corrected chi connectivity index (χ4v) is 4.08. The SMILES string of the molecule is COc1cccc([C@]2(O)CCCC[C@H]2CN(C)Cc2ccccc2)c1. The van der Waals surface area contributed by atoms with Crippen molar-refractivity contribution in [2.45, 2.75) is 37.8 Å². The van der Waals surface area contributed by atoms with Crippen molar-refractivity contribution in [3.05, 3.63) is 65.7 Å². The van der Waals surface area contributed by atoms with Crippen LogP contribution in [0, 0.1) is 5.92 Å². The molecule has 134 valence electrons. The first-order valence-corrected chi connectivity index (χ1v) is 9.21. The Kier molecular flexibility index (Phi) is 5.77. The highest BCUT2D eigenvalue weighted by Crippen LogP contribution is 2.42. The van der Waals surface area contributed by atoms with Crippen molar-refractivity contribution in [3.8, 4) is 5.75 Å². The number of benzene rings is 2. The summed E-state index contributed by atoms with van der Waals surface area (Å²) in [6.45, 7) is 1.80. The molecule has 1 aliphatic carbocycles. The van der Waals surface area contributed by atoms with E-state index in [1.807, 2.05) is 30.3 Å². The second-order valence-corrected chi connectivity index (χ2v) is 7.28. The van der Waals surface area contributed by atoms with Crippen LogP contribution in [0.2, 0.25) is 0 Å². The van der Waals surface area contributed by atoms with Gasteiger partial charge in [0.15, 0.2) is 0 Å². The standard InChI is InChI=1S/C22H29NO2/c1-23(16-18-9-4-3-5-10-18)17-20-11-6-7-14-22(20,24)19-12-8-13-21(15-19)25-2/h3-5,8-10,12-13,15,20,24H,6-7,11,14,16-17H2,1-2H3/t20-,22+/m0/s1. The summed E-state index contributed by atoms with van der Waals surface area (Å²) in [6.07, 6.45) is 4.15.